The number of aryl methyl sites for hydroxylation is 1. The van der Waals surface area contributed by atoms with Crippen molar-refractivity contribution in [1.82, 2.24) is 15.3 Å². The molecule has 2 rings (SSSR count). The van der Waals surface area contributed by atoms with E-state index in [0.717, 1.165) is 43.3 Å². The molecule has 1 aromatic heterocycles. The van der Waals surface area contributed by atoms with Gasteiger partial charge in [0.1, 0.15) is 0 Å². The summed E-state index contributed by atoms with van der Waals surface area (Å²) in [6.45, 7) is 7.98. The maximum absolute atomic E-state index is 10.6. The maximum Gasteiger partial charge on any atom is 0.317 e. The minimum absolute atomic E-state index is 0.00573. The fraction of sp³-hybridized carbons (Fsp3) is 0.667. The highest BCUT2D eigenvalue weighted by Crippen LogP contribution is 2.18. The third-order valence-corrected chi connectivity index (χ3v) is 3.53. The van der Waals surface area contributed by atoms with E-state index in [-0.39, 0.29) is 12.6 Å². The number of rotatable bonds is 6. The summed E-state index contributed by atoms with van der Waals surface area (Å²) in [6.07, 6.45) is 1.87. The van der Waals surface area contributed by atoms with Crippen LogP contribution < -0.4 is 10.2 Å². The normalized spacial score (nSPS) is 18.5. The SMILES string of the molecule is Cc1cc(CC(C)C)nc(N2CC[C@@H](NCC(=O)O)C2)n1. The average molecular weight is 292 g/mol. The lowest BCUT2D eigenvalue weighted by molar-refractivity contribution is -0.136. The van der Waals surface area contributed by atoms with E-state index in [4.69, 9.17) is 5.11 Å². The van der Waals surface area contributed by atoms with Crippen LogP contribution in [-0.2, 0) is 11.2 Å². The summed E-state index contributed by atoms with van der Waals surface area (Å²) >= 11 is 0. The van der Waals surface area contributed by atoms with Gasteiger partial charge in [-0.25, -0.2) is 9.97 Å². The number of aromatic nitrogens is 2. The van der Waals surface area contributed by atoms with Crippen molar-refractivity contribution in [3.8, 4) is 0 Å². The van der Waals surface area contributed by atoms with Gasteiger partial charge in [0.25, 0.3) is 0 Å². The predicted octanol–water partition coefficient (Wildman–Crippen LogP) is 1.24. The quantitative estimate of drug-likeness (QED) is 0.821. The molecule has 6 nitrogen and oxygen atoms in total. The predicted molar refractivity (Wildman–Crippen MR) is 81.6 cm³/mol. The molecule has 21 heavy (non-hydrogen) atoms. The zero-order chi connectivity index (χ0) is 15.4. The van der Waals surface area contributed by atoms with Crippen molar-refractivity contribution >= 4 is 11.9 Å². The molecule has 0 bridgehead atoms. The Morgan fingerprint density at radius 3 is 2.95 bits per heavy atom. The van der Waals surface area contributed by atoms with Crippen LogP contribution in [0.4, 0.5) is 5.95 Å². The standard InChI is InChI=1S/C15H24N4O2/c1-10(2)6-13-7-11(3)17-15(18-13)19-5-4-12(9-19)16-8-14(20)21/h7,10,12,16H,4-6,8-9H2,1-3H3,(H,20,21)/t12-/m1/s1. The second-order valence-electron chi connectivity index (χ2n) is 6.10. The van der Waals surface area contributed by atoms with Crippen molar-refractivity contribution < 1.29 is 9.90 Å². The first-order chi connectivity index (χ1) is 9.94. The fourth-order valence-corrected chi connectivity index (χ4v) is 2.62. The van der Waals surface area contributed by atoms with Crippen LogP contribution in [0.5, 0.6) is 0 Å². The second-order valence-corrected chi connectivity index (χ2v) is 6.10. The molecule has 1 fully saturated rings. The monoisotopic (exact) mass is 292 g/mol. The molecule has 0 aliphatic carbocycles. The Morgan fingerprint density at radius 2 is 2.29 bits per heavy atom. The summed E-state index contributed by atoms with van der Waals surface area (Å²) in [5.74, 6) is 0.514. The number of aliphatic carboxylic acids is 1. The molecule has 2 heterocycles. The molecule has 0 spiro atoms. The van der Waals surface area contributed by atoms with E-state index in [9.17, 15) is 4.79 Å². The summed E-state index contributed by atoms with van der Waals surface area (Å²) in [6, 6.07) is 2.23. The molecule has 1 atom stereocenters. The van der Waals surface area contributed by atoms with Gasteiger partial charge < -0.3 is 15.3 Å². The van der Waals surface area contributed by atoms with Crippen molar-refractivity contribution in [2.45, 2.75) is 39.7 Å². The van der Waals surface area contributed by atoms with Gasteiger partial charge in [-0.2, -0.15) is 0 Å². The topological polar surface area (TPSA) is 78.4 Å². The number of carboxylic acid groups (broad SMARTS) is 1. The molecule has 1 aliphatic heterocycles. The lowest BCUT2D eigenvalue weighted by Gasteiger charge is -2.18. The van der Waals surface area contributed by atoms with Gasteiger partial charge in [0.05, 0.1) is 6.54 Å². The number of nitrogens with one attached hydrogen (secondary N) is 1. The van der Waals surface area contributed by atoms with Crippen LogP contribution in [0.3, 0.4) is 0 Å². The highest BCUT2D eigenvalue weighted by molar-refractivity contribution is 5.69. The average Bonchev–Trinajstić information content (AvgIpc) is 2.83. The Balaban J connectivity index is 2.02. The van der Waals surface area contributed by atoms with Crippen LogP contribution in [-0.4, -0.2) is 46.7 Å². The Labute approximate surface area is 125 Å². The molecule has 1 saturated heterocycles. The van der Waals surface area contributed by atoms with Gasteiger partial charge in [-0.15, -0.1) is 0 Å². The molecule has 0 aromatic carbocycles. The van der Waals surface area contributed by atoms with Crippen LogP contribution in [0.1, 0.15) is 31.7 Å². The molecule has 2 N–H and O–H groups in total. The molecule has 1 aliphatic rings. The third-order valence-electron chi connectivity index (χ3n) is 3.53. The maximum atomic E-state index is 10.6. The summed E-state index contributed by atoms with van der Waals surface area (Å²) in [5, 5.41) is 11.8. The van der Waals surface area contributed by atoms with E-state index in [1.807, 2.05) is 13.0 Å². The Morgan fingerprint density at radius 1 is 1.52 bits per heavy atom. The Kier molecular flexibility index (Phi) is 5.12. The number of nitrogens with zero attached hydrogens (tertiary/aromatic N) is 3. The number of hydrogen-bond donors (Lipinski definition) is 2. The van der Waals surface area contributed by atoms with Gasteiger partial charge in [0.2, 0.25) is 5.95 Å². The van der Waals surface area contributed by atoms with Gasteiger partial charge >= 0.3 is 5.97 Å². The molecule has 0 saturated carbocycles. The third kappa shape index (κ3) is 4.67. The minimum atomic E-state index is -0.820. The van der Waals surface area contributed by atoms with Gasteiger partial charge in [-0.3, -0.25) is 4.79 Å². The minimum Gasteiger partial charge on any atom is -0.480 e. The molecular formula is C15H24N4O2. The molecule has 0 amide bonds. The fourth-order valence-electron chi connectivity index (χ4n) is 2.62. The largest absolute Gasteiger partial charge is 0.480 e. The van der Waals surface area contributed by atoms with Crippen LogP contribution in [0.15, 0.2) is 6.07 Å². The van der Waals surface area contributed by atoms with E-state index >= 15 is 0 Å². The smallest absolute Gasteiger partial charge is 0.317 e. The Hall–Kier alpha value is -1.69. The molecule has 116 valence electrons. The van der Waals surface area contributed by atoms with Gasteiger partial charge in [0.15, 0.2) is 0 Å². The van der Waals surface area contributed by atoms with E-state index in [2.05, 4.69) is 34.0 Å². The van der Waals surface area contributed by atoms with Crippen LogP contribution in [0.2, 0.25) is 0 Å². The number of hydrogen-bond acceptors (Lipinski definition) is 5. The number of anilines is 1. The van der Waals surface area contributed by atoms with E-state index < -0.39 is 5.97 Å². The summed E-state index contributed by atoms with van der Waals surface area (Å²) < 4.78 is 0. The first kappa shape index (κ1) is 15.7. The molecule has 6 heteroatoms. The lowest BCUT2D eigenvalue weighted by atomic mass is 10.1. The first-order valence-electron chi connectivity index (χ1n) is 7.48. The van der Waals surface area contributed by atoms with Crippen molar-refractivity contribution in [3.05, 3.63) is 17.5 Å². The molecule has 0 unspecified atom stereocenters. The van der Waals surface area contributed by atoms with E-state index in [1.165, 1.54) is 0 Å². The summed E-state index contributed by atoms with van der Waals surface area (Å²) in [5.41, 5.74) is 2.06. The van der Waals surface area contributed by atoms with Crippen molar-refractivity contribution in [2.75, 3.05) is 24.5 Å². The van der Waals surface area contributed by atoms with Gasteiger partial charge in [0, 0.05) is 30.5 Å². The highest BCUT2D eigenvalue weighted by Gasteiger charge is 2.24. The highest BCUT2D eigenvalue weighted by atomic mass is 16.4. The van der Waals surface area contributed by atoms with Crippen LogP contribution >= 0.6 is 0 Å². The molecular weight excluding hydrogens is 268 g/mol. The van der Waals surface area contributed by atoms with Crippen molar-refractivity contribution in [3.63, 3.8) is 0 Å². The lowest BCUT2D eigenvalue weighted by Crippen LogP contribution is -2.36. The van der Waals surface area contributed by atoms with E-state index in [0.29, 0.717) is 5.92 Å². The summed E-state index contributed by atoms with van der Waals surface area (Å²) in [4.78, 5) is 21.9. The van der Waals surface area contributed by atoms with Crippen molar-refractivity contribution in [1.29, 1.82) is 0 Å². The first-order valence-corrected chi connectivity index (χ1v) is 7.48. The molecule has 0 radical (unpaired) electrons. The van der Waals surface area contributed by atoms with Crippen molar-refractivity contribution in [2.24, 2.45) is 5.92 Å². The number of carbonyl (C=O) groups is 1. The summed E-state index contributed by atoms with van der Waals surface area (Å²) in [7, 11) is 0. The van der Waals surface area contributed by atoms with Gasteiger partial charge in [-0.1, -0.05) is 13.8 Å². The Bertz CT molecular complexity index is 504. The second kappa shape index (κ2) is 6.85. The van der Waals surface area contributed by atoms with Crippen LogP contribution in [0, 0.1) is 12.8 Å². The zero-order valence-corrected chi connectivity index (χ0v) is 13.0. The van der Waals surface area contributed by atoms with E-state index in [1.54, 1.807) is 0 Å². The van der Waals surface area contributed by atoms with Gasteiger partial charge in [-0.05, 0) is 31.7 Å². The molecule has 1 aromatic rings. The van der Waals surface area contributed by atoms with Crippen LogP contribution in [0.25, 0.3) is 0 Å². The number of carboxylic acids is 1. The zero-order valence-electron chi connectivity index (χ0n) is 13.0.